The number of nitrogens with zero attached hydrogens (tertiary/aromatic N) is 5. The molecule has 0 aliphatic carbocycles. The lowest BCUT2D eigenvalue weighted by molar-refractivity contribution is 0.434. The summed E-state index contributed by atoms with van der Waals surface area (Å²) < 4.78 is 7.08. The monoisotopic (exact) mass is 368 g/mol. The Morgan fingerprint density at radius 1 is 1.19 bits per heavy atom. The van der Waals surface area contributed by atoms with E-state index in [0.29, 0.717) is 27.9 Å². The van der Waals surface area contributed by atoms with Crippen LogP contribution >= 0.6 is 11.6 Å². The molecule has 4 aromatic rings. The Kier molecular flexibility index (Phi) is 4.02. The molecule has 0 unspecified atom stereocenters. The first-order valence-electron chi connectivity index (χ1n) is 7.66. The smallest absolute Gasteiger partial charge is 0.257 e. The lowest BCUT2D eigenvalue weighted by Crippen LogP contribution is -1.97. The van der Waals surface area contributed by atoms with Crippen LogP contribution in [-0.2, 0) is 0 Å². The third kappa shape index (κ3) is 3.22. The van der Waals surface area contributed by atoms with E-state index >= 15 is 0 Å². The summed E-state index contributed by atoms with van der Waals surface area (Å²) in [5.41, 5.74) is 1.20. The van der Waals surface area contributed by atoms with E-state index < -0.39 is 0 Å². The standard InChI is InChI=1S/C17H13ClN6O2/c1-10-7-15(25)24-17(20-10)22-16(23-24)21-13-8-11(18)4-5-14(13)26-12-3-2-6-19-9-12/h2-9,25H,1H3,(H,21,23). The number of aryl methyl sites for hydroxylation is 1. The van der Waals surface area contributed by atoms with Gasteiger partial charge < -0.3 is 15.2 Å². The van der Waals surface area contributed by atoms with E-state index in [1.54, 1.807) is 49.6 Å². The zero-order chi connectivity index (χ0) is 18.1. The SMILES string of the molecule is Cc1cc(O)n2nc(Nc3cc(Cl)ccc3Oc3cccnc3)nc2n1. The fraction of sp³-hybridized carbons (Fsp3) is 0.0588. The largest absolute Gasteiger partial charge is 0.493 e. The summed E-state index contributed by atoms with van der Waals surface area (Å²) in [6, 6.07) is 10.2. The first-order chi connectivity index (χ1) is 12.6. The molecule has 26 heavy (non-hydrogen) atoms. The Morgan fingerprint density at radius 2 is 2.08 bits per heavy atom. The summed E-state index contributed by atoms with van der Waals surface area (Å²) in [4.78, 5) is 12.5. The van der Waals surface area contributed by atoms with Gasteiger partial charge in [-0.25, -0.2) is 4.98 Å². The second-order valence-electron chi connectivity index (χ2n) is 5.46. The quantitative estimate of drug-likeness (QED) is 0.566. The average molecular weight is 369 g/mol. The van der Waals surface area contributed by atoms with Crippen molar-refractivity contribution in [2.75, 3.05) is 5.32 Å². The number of aromatic hydroxyl groups is 1. The van der Waals surface area contributed by atoms with Gasteiger partial charge >= 0.3 is 0 Å². The molecular weight excluding hydrogens is 356 g/mol. The van der Waals surface area contributed by atoms with Crippen molar-refractivity contribution in [3.8, 4) is 17.4 Å². The van der Waals surface area contributed by atoms with Crippen LogP contribution in [0.5, 0.6) is 17.4 Å². The number of halogens is 1. The van der Waals surface area contributed by atoms with Gasteiger partial charge in [-0.2, -0.15) is 9.50 Å². The molecule has 0 amide bonds. The van der Waals surface area contributed by atoms with E-state index in [4.69, 9.17) is 16.3 Å². The minimum Gasteiger partial charge on any atom is -0.493 e. The van der Waals surface area contributed by atoms with E-state index in [0.717, 1.165) is 0 Å². The zero-order valence-corrected chi connectivity index (χ0v) is 14.3. The Hall–Kier alpha value is -3.39. The molecule has 0 aliphatic heterocycles. The van der Waals surface area contributed by atoms with E-state index in [9.17, 15) is 5.11 Å². The predicted molar refractivity (Wildman–Crippen MR) is 96.2 cm³/mol. The molecule has 0 saturated carbocycles. The summed E-state index contributed by atoms with van der Waals surface area (Å²) >= 11 is 6.10. The number of fused-ring (bicyclic) bond motifs is 1. The summed E-state index contributed by atoms with van der Waals surface area (Å²) in [5.74, 6) is 1.58. The molecule has 0 radical (unpaired) electrons. The summed E-state index contributed by atoms with van der Waals surface area (Å²) in [5, 5.41) is 17.7. The third-order valence-electron chi connectivity index (χ3n) is 3.47. The second-order valence-corrected chi connectivity index (χ2v) is 5.90. The molecule has 1 aromatic carbocycles. The number of anilines is 2. The minimum absolute atomic E-state index is 0.0500. The van der Waals surface area contributed by atoms with Gasteiger partial charge in [-0.1, -0.05) is 11.6 Å². The molecule has 0 saturated heterocycles. The molecule has 0 bridgehead atoms. The van der Waals surface area contributed by atoms with Gasteiger partial charge in [0.05, 0.1) is 11.9 Å². The molecule has 0 atom stereocenters. The number of benzene rings is 1. The highest BCUT2D eigenvalue weighted by Gasteiger charge is 2.12. The van der Waals surface area contributed by atoms with Crippen molar-refractivity contribution < 1.29 is 9.84 Å². The number of rotatable bonds is 4. The van der Waals surface area contributed by atoms with Crippen molar-refractivity contribution in [2.45, 2.75) is 6.92 Å². The normalized spacial score (nSPS) is 10.8. The van der Waals surface area contributed by atoms with Gasteiger partial charge in [0.1, 0.15) is 5.75 Å². The van der Waals surface area contributed by atoms with E-state index in [2.05, 4.69) is 25.4 Å². The fourth-order valence-corrected chi connectivity index (χ4v) is 2.54. The minimum atomic E-state index is -0.0500. The Bertz CT molecular complexity index is 1080. The van der Waals surface area contributed by atoms with Gasteiger partial charge in [-0.05, 0) is 37.3 Å². The number of hydrogen-bond acceptors (Lipinski definition) is 7. The summed E-state index contributed by atoms with van der Waals surface area (Å²) in [6.07, 6.45) is 3.27. The Labute approximate surface area is 153 Å². The maximum Gasteiger partial charge on any atom is 0.257 e. The molecule has 130 valence electrons. The molecule has 3 aromatic heterocycles. The van der Waals surface area contributed by atoms with Gasteiger partial charge in [0, 0.05) is 23.0 Å². The molecule has 4 rings (SSSR count). The van der Waals surface area contributed by atoms with Crippen LogP contribution in [-0.4, -0.2) is 29.7 Å². The summed E-state index contributed by atoms with van der Waals surface area (Å²) in [6.45, 7) is 1.76. The van der Waals surface area contributed by atoms with Crippen molar-refractivity contribution in [3.63, 3.8) is 0 Å². The molecule has 9 heteroatoms. The molecule has 0 aliphatic rings. The Morgan fingerprint density at radius 3 is 2.88 bits per heavy atom. The predicted octanol–water partition coefficient (Wildman–Crippen LogP) is 3.72. The Balaban J connectivity index is 1.69. The number of ether oxygens (including phenoxy) is 1. The van der Waals surface area contributed by atoms with Crippen molar-refractivity contribution in [1.29, 1.82) is 0 Å². The average Bonchev–Trinajstić information content (AvgIpc) is 3.01. The van der Waals surface area contributed by atoms with Gasteiger partial charge in [-0.3, -0.25) is 4.98 Å². The zero-order valence-electron chi connectivity index (χ0n) is 13.6. The molecule has 8 nitrogen and oxygen atoms in total. The molecule has 0 fully saturated rings. The first-order valence-corrected chi connectivity index (χ1v) is 8.04. The van der Waals surface area contributed by atoms with Crippen molar-refractivity contribution in [3.05, 3.63) is 59.5 Å². The topological polar surface area (TPSA) is 97.5 Å². The van der Waals surface area contributed by atoms with E-state index in [1.807, 2.05) is 0 Å². The van der Waals surface area contributed by atoms with Crippen LogP contribution in [0.15, 0.2) is 48.8 Å². The van der Waals surface area contributed by atoms with Crippen LogP contribution in [0.4, 0.5) is 11.6 Å². The molecule has 2 N–H and O–H groups in total. The van der Waals surface area contributed by atoms with Crippen LogP contribution in [0.3, 0.4) is 0 Å². The van der Waals surface area contributed by atoms with Gasteiger partial charge in [0.2, 0.25) is 11.8 Å². The van der Waals surface area contributed by atoms with E-state index in [-0.39, 0.29) is 17.6 Å². The highest BCUT2D eigenvalue weighted by molar-refractivity contribution is 6.31. The summed E-state index contributed by atoms with van der Waals surface area (Å²) in [7, 11) is 0. The lowest BCUT2D eigenvalue weighted by Gasteiger charge is -2.11. The third-order valence-corrected chi connectivity index (χ3v) is 3.71. The van der Waals surface area contributed by atoms with Crippen LogP contribution in [0.25, 0.3) is 5.78 Å². The number of pyridine rings is 1. The molecular formula is C17H13ClN6O2. The number of aromatic nitrogens is 5. The van der Waals surface area contributed by atoms with Gasteiger partial charge in [0.25, 0.3) is 5.78 Å². The first kappa shape index (κ1) is 16.1. The highest BCUT2D eigenvalue weighted by atomic mass is 35.5. The van der Waals surface area contributed by atoms with E-state index in [1.165, 1.54) is 10.6 Å². The van der Waals surface area contributed by atoms with Crippen LogP contribution in [0.1, 0.15) is 5.69 Å². The lowest BCUT2D eigenvalue weighted by atomic mass is 10.3. The maximum absolute atomic E-state index is 9.96. The number of hydrogen-bond donors (Lipinski definition) is 2. The van der Waals surface area contributed by atoms with Crippen molar-refractivity contribution in [2.24, 2.45) is 0 Å². The number of nitrogens with one attached hydrogen (secondary N) is 1. The van der Waals surface area contributed by atoms with Crippen LogP contribution in [0.2, 0.25) is 5.02 Å². The van der Waals surface area contributed by atoms with Gasteiger partial charge in [0.15, 0.2) is 5.75 Å². The van der Waals surface area contributed by atoms with Crippen LogP contribution in [0, 0.1) is 6.92 Å². The molecule has 0 spiro atoms. The van der Waals surface area contributed by atoms with Gasteiger partial charge in [-0.15, -0.1) is 5.10 Å². The van der Waals surface area contributed by atoms with Crippen molar-refractivity contribution >= 4 is 29.0 Å². The fourth-order valence-electron chi connectivity index (χ4n) is 2.36. The second kappa shape index (κ2) is 6.49. The maximum atomic E-state index is 9.96. The van der Waals surface area contributed by atoms with Crippen LogP contribution < -0.4 is 10.1 Å². The van der Waals surface area contributed by atoms with Crippen molar-refractivity contribution in [1.82, 2.24) is 24.6 Å². The highest BCUT2D eigenvalue weighted by Crippen LogP contribution is 2.33. The molecule has 3 heterocycles.